The van der Waals surface area contributed by atoms with Crippen molar-refractivity contribution in [2.24, 2.45) is 11.1 Å². The SMILES string of the molecule is CO/N=C/c1ccc(OCCC2CCN(c3cncc(Cl)n3)CC2)cc1. The maximum atomic E-state index is 5.92. The number of hydrogen-bond donors (Lipinski definition) is 0. The Bertz CT molecular complexity index is 716. The lowest BCUT2D eigenvalue weighted by molar-refractivity contribution is 0.215. The van der Waals surface area contributed by atoms with Gasteiger partial charge in [-0.05, 0) is 55.0 Å². The normalized spacial score (nSPS) is 15.4. The Morgan fingerprint density at radius 1 is 1.23 bits per heavy atom. The Hall–Kier alpha value is -2.34. The molecule has 2 heterocycles. The summed E-state index contributed by atoms with van der Waals surface area (Å²) in [6.07, 6.45) is 8.32. The summed E-state index contributed by atoms with van der Waals surface area (Å²) in [5, 5.41) is 4.18. The van der Waals surface area contributed by atoms with Gasteiger partial charge < -0.3 is 14.5 Å². The quantitative estimate of drug-likeness (QED) is 0.545. The van der Waals surface area contributed by atoms with Crippen LogP contribution in [0.15, 0.2) is 41.8 Å². The average molecular weight is 375 g/mol. The second-order valence-corrected chi connectivity index (χ2v) is 6.64. The largest absolute Gasteiger partial charge is 0.494 e. The Balaban J connectivity index is 1.39. The number of aromatic nitrogens is 2. The highest BCUT2D eigenvalue weighted by Crippen LogP contribution is 2.24. The van der Waals surface area contributed by atoms with Crippen LogP contribution < -0.4 is 9.64 Å². The first-order valence-corrected chi connectivity index (χ1v) is 9.14. The highest BCUT2D eigenvalue weighted by atomic mass is 35.5. The van der Waals surface area contributed by atoms with Gasteiger partial charge in [-0.1, -0.05) is 16.8 Å². The summed E-state index contributed by atoms with van der Waals surface area (Å²) in [4.78, 5) is 15.4. The second kappa shape index (κ2) is 9.38. The summed E-state index contributed by atoms with van der Waals surface area (Å²) in [6, 6.07) is 7.83. The summed E-state index contributed by atoms with van der Waals surface area (Å²) < 4.78 is 5.87. The number of piperidine rings is 1. The van der Waals surface area contributed by atoms with Crippen molar-refractivity contribution in [2.45, 2.75) is 19.3 Å². The monoisotopic (exact) mass is 374 g/mol. The van der Waals surface area contributed by atoms with E-state index in [-0.39, 0.29) is 0 Å². The van der Waals surface area contributed by atoms with E-state index in [1.807, 2.05) is 24.3 Å². The molecule has 138 valence electrons. The Morgan fingerprint density at radius 3 is 2.69 bits per heavy atom. The van der Waals surface area contributed by atoms with Crippen molar-refractivity contribution in [1.29, 1.82) is 0 Å². The van der Waals surface area contributed by atoms with E-state index >= 15 is 0 Å². The number of halogens is 1. The Kier molecular flexibility index (Phi) is 6.66. The van der Waals surface area contributed by atoms with Crippen molar-refractivity contribution in [3.8, 4) is 5.75 Å². The average Bonchev–Trinajstić information content (AvgIpc) is 2.68. The van der Waals surface area contributed by atoms with Crippen LogP contribution in [-0.4, -0.2) is 43.0 Å². The van der Waals surface area contributed by atoms with Crippen molar-refractivity contribution >= 4 is 23.6 Å². The maximum Gasteiger partial charge on any atom is 0.149 e. The van der Waals surface area contributed by atoms with E-state index in [1.165, 1.54) is 7.11 Å². The molecule has 0 bridgehead atoms. The standard InChI is InChI=1S/C19H23ClN4O2/c1-25-22-12-16-2-4-17(5-3-16)26-11-8-15-6-9-24(10-7-15)19-14-21-13-18(20)23-19/h2-5,12-15H,6-11H2,1H3/b22-12+. The van der Waals surface area contributed by atoms with Gasteiger partial charge >= 0.3 is 0 Å². The molecule has 0 aliphatic carbocycles. The molecule has 0 N–H and O–H groups in total. The molecule has 0 amide bonds. The number of oxime groups is 1. The van der Waals surface area contributed by atoms with Crippen LogP contribution in [0, 0.1) is 5.92 Å². The van der Waals surface area contributed by atoms with Gasteiger partial charge in [-0.15, -0.1) is 0 Å². The summed E-state index contributed by atoms with van der Waals surface area (Å²) in [5.41, 5.74) is 0.982. The molecule has 0 radical (unpaired) electrons. The molecule has 0 atom stereocenters. The van der Waals surface area contributed by atoms with Crippen molar-refractivity contribution in [3.63, 3.8) is 0 Å². The fourth-order valence-corrected chi connectivity index (χ4v) is 3.19. The summed E-state index contributed by atoms with van der Waals surface area (Å²) in [7, 11) is 1.53. The van der Waals surface area contributed by atoms with Gasteiger partial charge in [0.15, 0.2) is 0 Å². The zero-order chi connectivity index (χ0) is 18.2. The van der Waals surface area contributed by atoms with Crippen molar-refractivity contribution < 1.29 is 9.57 Å². The fraction of sp³-hybridized carbons (Fsp3) is 0.421. The van der Waals surface area contributed by atoms with Crippen LogP contribution in [-0.2, 0) is 4.84 Å². The number of nitrogens with zero attached hydrogens (tertiary/aromatic N) is 4. The van der Waals surface area contributed by atoms with Crippen molar-refractivity contribution in [1.82, 2.24) is 9.97 Å². The summed E-state index contributed by atoms with van der Waals surface area (Å²) >= 11 is 5.92. The molecule has 0 spiro atoms. The number of rotatable bonds is 7. The molecule has 6 nitrogen and oxygen atoms in total. The zero-order valence-corrected chi connectivity index (χ0v) is 15.6. The van der Waals surface area contributed by atoms with Gasteiger partial charge in [0.2, 0.25) is 0 Å². The van der Waals surface area contributed by atoms with Crippen LogP contribution in [0.2, 0.25) is 5.15 Å². The van der Waals surface area contributed by atoms with Crippen LogP contribution in [0.5, 0.6) is 5.75 Å². The molecule has 1 aromatic carbocycles. The van der Waals surface area contributed by atoms with E-state index in [2.05, 4.69) is 24.9 Å². The lowest BCUT2D eigenvalue weighted by Gasteiger charge is -2.32. The molecule has 2 aromatic rings. The molecule has 0 saturated carbocycles. The molecule has 1 aromatic heterocycles. The molecule has 1 aliphatic rings. The third-order valence-corrected chi connectivity index (χ3v) is 4.70. The molecule has 26 heavy (non-hydrogen) atoms. The Labute approximate surface area is 158 Å². The maximum absolute atomic E-state index is 5.92. The van der Waals surface area contributed by atoms with Crippen LogP contribution in [0.3, 0.4) is 0 Å². The van der Waals surface area contributed by atoms with Gasteiger partial charge in [-0.3, -0.25) is 4.98 Å². The minimum Gasteiger partial charge on any atom is -0.494 e. The highest BCUT2D eigenvalue weighted by Gasteiger charge is 2.20. The van der Waals surface area contributed by atoms with Gasteiger partial charge in [0.25, 0.3) is 0 Å². The van der Waals surface area contributed by atoms with E-state index in [9.17, 15) is 0 Å². The smallest absolute Gasteiger partial charge is 0.149 e. The number of ether oxygens (including phenoxy) is 1. The number of anilines is 1. The van der Waals surface area contributed by atoms with Gasteiger partial charge in [-0.2, -0.15) is 0 Å². The first-order chi connectivity index (χ1) is 12.7. The van der Waals surface area contributed by atoms with E-state index in [0.29, 0.717) is 11.1 Å². The summed E-state index contributed by atoms with van der Waals surface area (Å²) in [5.74, 6) is 2.42. The number of benzene rings is 1. The van der Waals surface area contributed by atoms with E-state index in [4.69, 9.17) is 16.3 Å². The van der Waals surface area contributed by atoms with Gasteiger partial charge in [-0.25, -0.2) is 4.98 Å². The first-order valence-electron chi connectivity index (χ1n) is 8.76. The minimum absolute atomic E-state index is 0.442. The number of hydrogen-bond acceptors (Lipinski definition) is 6. The zero-order valence-electron chi connectivity index (χ0n) is 14.8. The van der Waals surface area contributed by atoms with Crippen LogP contribution >= 0.6 is 11.6 Å². The molecular weight excluding hydrogens is 352 g/mol. The molecule has 1 saturated heterocycles. The van der Waals surface area contributed by atoms with E-state index < -0.39 is 0 Å². The second-order valence-electron chi connectivity index (χ2n) is 6.25. The molecule has 0 unspecified atom stereocenters. The van der Waals surface area contributed by atoms with Crippen LogP contribution in [0.25, 0.3) is 0 Å². The lowest BCUT2D eigenvalue weighted by atomic mass is 9.94. The molecule has 7 heteroatoms. The van der Waals surface area contributed by atoms with E-state index in [0.717, 1.165) is 56.1 Å². The molecule has 1 aliphatic heterocycles. The predicted octanol–water partition coefficient (Wildman–Crippen LogP) is 3.80. The fourth-order valence-electron chi connectivity index (χ4n) is 3.04. The Morgan fingerprint density at radius 2 is 2.00 bits per heavy atom. The van der Waals surface area contributed by atoms with Crippen molar-refractivity contribution in [3.05, 3.63) is 47.4 Å². The van der Waals surface area contributed by atoms with Gasteiger partial charge in [0.05, 0.1) is 25.2 Å². The van der Waals surface area contributed by atoms with Crippen LogP contribution in [0.1, 0.15) is 24.8 Å². The minimum atomic E-state index is 0.442. The third kappa shape index (κ3) is 5.33. The highest BCUT2D eigenvalue weighted by molar-refractivity contribution is 6.29. The van der Waals surface area contributed by atoms with Gasteiger partial charge in [0, 0.05) is 13.1 Å². The summed E-state index contributed by atoms with van der Waals surface area (Å²) in [6.45, 7) is 2.69. The first kappa shape index (κ1) is 18.5. The predicted molar refractivity (Wildman–Crippen MR) is 103 cm³/mol. The third-order valence-electron chi connectivity index (χ3n) is 4.51. The van der Waals surface area contributed by atoms with E-state index in [1.54, 1.807) is 18.6 Å². The molecule has 3 rings (SSSR count). The topological polar surface area (TPSA) is 59.8 Å². The van der Waals surface area contributed by atoms with Gasteiger partial charge in [0.1, 0.15) is 23.8 Å². The lowest BCUT2D eigenvalue weighted by Crippen LogP contribution is -2.34. The van der Waals surface area contributed by atoms with Crippen LogP contribution in [0.4, 0.5) is 5.82 Å². The molecule has 1 fully saturated rings. The molecular formula is C19H23ClN4O2. The van der Waals surface area contributed by atoms with Crippen molar-refractivity contribution in [2.75, 3.05) is 31.7 Å².